The van der Waals surface area contributed by atoms with Gasteiger partial charge in [0.25, 0.3) is 11.8 Å². The van der Waals surface area contributed by atoms with E-state index in [1.165, 1.54) is 24.1 Å². The van der Waals surface area contributed by atoms with Gasteiger partial charge in [-0.2, -0.15) is 8.42 Å². The van der Waals surface area contributed by atoms with Crippen molar-refractivity contribution < 1.29 is 37.3 Å². The van der Waals surface area contributed by atoms with E-state index < -0.39 is 51.5 Å². The lowest BCUT2D eigenvalue weighted by Gasteiger charge is -2.45. The summed E-state index contributed by atoms with van der Waals surface area (Å²) >= 11 is 0.967. The first-order valence-electron chi connectivity index (χ1n) is 9.59. The molecule has 2 atom stereocenters. The summed E-state index contributed by atoms with van der Waals surface area (Å²) in [6.07, 6.45) is 0. The number of hydrogen-bond donors (Lipinski definition) is 5. The average Bonchev–Trinajstić information content (AvgIpc) is 3.32. The second-order valence-corrected chi connectivity index (χ2v) is 9.91. The number of nitrogens with two attached hydrogens (primary N) is 2. The van der Waals surface area contributed by atoms with Crippen LogP contribution in [0.25, 0.3) is 0 Å². The van der Waals surface area contributed by atoms with Gasteiger partial charge >= 0.3 is 16.3 Å². The second kappa shape index (κ2) is 9.03. The van der Waals surface area contributed by atoms with Gasteiger partial charge in [0.15, 0.2) is 16.8 Å². The minimum Gasteiger partial charge on any atom is -0.478 e. The number of thiazole rings is 1. The Hall–Kier alpha value is -3.51. The summed E-state index contributed by atoms with van der Waals surface area (Å²) in [4.78, 5) is 51.2. The van der Waals surface area contributed by atoms with Gasteiger partial charge < -0.3 is 31.6 Å². The van der Waals surface area contributed by atoms with Crippen LogP contribution in [0.5, 0.6) is 0 Å². The molecule has 3 rings (SSSR count). The summed E-state index contributed by atoms with van der Waals surface area (Å²) in [5.41, 5.74) is 8.97. The number of β-lactam (4-membered cyclic amide) rings is 1. The third kappa shape index (κ3) is 5.02. The van der Waals surface area contributed by atoms with E-state index in [9.17, 15) is 32.5 Å². The van der Waals surface area contributed by atoms with Gasteiger partial charge in [-0.15, -0.1) is 11.3 Å². The largest absolute Gasteiger partial charge is 0.478 e. The van der Waals surface area contributed by atoms with E-state index in [2.05, 4.69) is 20.4 Å². The highest BCUT2D eigenvalue weighted by Crippen LogP contribution is 2.25. The third-order valence-corrected chi connectivity index (χ3v) is 6.56. The van der Waals surface area contributed by atoms with Crippen LogP contribution in [-0.2, 0) is 29.5 Å². The molecule has 16 nitrogen and oxygen atoms in total. The van der Waals surface area contributed by atoms with Crippen molar-refractivity contribution in [1.82, 2.24) is 19.5 Å². The first kappa shape index (κ1) is 25.1. The number of hydrogen-bond acceptors (Lipinski definition) is 13. The van der Waals surface area contributed by atoms with Crippen LogP contribution in [0.2, 0.25) is 0 Å². The van der Waals surface area contributed by atoms with Crippen LogP contribution in [0, 0.1) is 0 Å². The number of carboxylic acids is 1. The number of aliphatic imine (C=N–C) groups is 1. The minimum absolute atomic E-state index is 0.0629. The molecule has 1 aromatic heterocycles. The molecule has 18 heteroatoms. The first-order chi connectivity index (χ1) is 15.7. The maximum absolute atomic E-state index is 13.0. The predicted molar refractivity (Wildman–Crippen MR) is 118 cm³/mol. The lowest BCUT2D eigenvalue weighted by Crippen LogP contribution is -2.74. The van der Waals surface area contributed by atoms with Gasteiger partial charge in [-0.05, 0) is 13.8 Å². The molecule has 1 fully saturated rings. The average molecular weight is 519 g/mol. The molecule has 7 N–H and O–H groups in total. The number of aromatic nitrogens is 1. The van der Waals surface area contributed by atoms with Crippen LogP contribution in [0.3, 0.4) is 0 Å². The molecule has 1 saturated heterocycles. The van der Waals surface area contributed by atoms with Crippen molar-refractivity contribution in [2.45, 2.75) is 31.5 Å². The Balaban J connectivity index is 1.87. The molecule has 2 aliphatic heterocycles. The monoisotopic (exact) mass is 518 g/mol. The van der Waals surface area contributed by atoms with Crippen molar-refractivity contribution in [1.29, 1.82) is 0 Å². The van der Waals surface area contributed by atoms with Crippen molar-refractivity contribution in [2.75, 3.05) is 25.4 Å². The van der Waals surface area contributed by atoms with Gasteiger partial charge in [0.05, 0.1) is 12.6 Å². The van der Waals surface area contributed by atoms with Gasteiger partial charge in [0.1, 0.15) is 11.7 Å². The summed E-state index contributed by atoms with van der Waals surface area (Å²) in [6.45, 7) is 2.94. The van der Waals surface area contributed by atoms with Crippen molar-refractivity contribution in [3.05, 3.63) is 11.1 Å². The number of rotatable bonds is 9. The topological polar surface area (TPSA) is 243 Å². The zero-order chi connectivity index (χ0) is 25.4. The Bertz CT molecular complexity index is 1180. The van der Waals surface area contributed by atoms with E-state index in [-0.39, 0.29) is 27.6 Å². The SMILES string of the molecule is CC(C)(O/N=C(\C(=O)N[C@@H]1C(=O)N(S(=O)(=O)O)[C@@H]1CN1CCN=C1N)c1csc(N)n1)C(=O)O. The van der Waals surface area contributed by atoms with Gasteiger partial charge in [0.2, 0.25) is 5.60 Å². The van der Waals surface area contributed by atoms with Crippen molar-refractivity contribution in [3.8, 4) is 0 Å². The standard InChI is InChI=1S/C16H22N8O8S2/c1-16(2,13(27)28)32-22-9(7-6-33-15(18)20-7)11(25)21-10-8(5-23-4-3-19-14(23)17)24(12(10)26)34(29,30)31/h6,8,10H,3-5H2,1-2H3,(H2,17,19)(H2,18,20)(H,21,25)(H,27,28)(H,29,30,31)/b22-9-/t8-,10+/m1/s1. The van der Waals surface area contributed by atoms with E-state index in [1.807, 2.05) is 0 Å². The van der Waals surface area contributed by atoms with Gasteiger partial charge in [-0.25, -0.2) is 14.1 Å². The van der Waals surface area contributed by atoms with Crippen LogP contribution in [0.1, 0.15) is 19.5 Å². The molecule has 0 spiro atoms. The molecule has 186 valence electrons. The highest BCUT2D eigenvalue weighted by molar-refractivity contribution is 7.84. The predicted octanol–water partition coefficient (Wildman–Crippen LogP) is -2.56. The molecule has 0 aromatic carbocycles. The van der Waals surface area contributed by atoms with Crippen LogP contribution in [0.15, 0.2) is 15.5 Å². The number of nitrogens with one attached hydrogen (secondary N) is 1. The first-order valence-corrected chi connectivity index (χ1v) is 11.9. The Kier molecular flexibility index (Phi) is 6.67. The summed E-state index contributed by atoms with van der Waals surface area (Å²) < 4.78 is 33.1. The molecule has 2 amide bonds. The van der Waals surface area contributed by atoms with Crippen LogP contribution < -0.4 is 16.8 Å². The van der Waals surface area contributed by atoms with Gasteiger partial charge in [-0.1, -0.05) is 5.16 Å². The van der Waals surface area contributed by atoms with Gasteiger partial charge in [0, 0.05) is 18.5 Å². The van der Waals surface area contributed by atoms with E-state index >= 15 is 0 Å². The maximum Gasteiger partial charge on any atom is 0.362 e. The summed E-state index contributed by atoms with van der Waals surface area (Å²) in [5, 5.41) is 16.6. The number of amides is 2. The molecule has 0 unspecified atom stereocenters. The fourth-order valence-electron chi connectivity index (χ4n) is 3.06. The number of oxime groups is 1. The number of carbonyl (C=O) groups excluding carboxylic acids is 2. The molecule has 0 saturated carbocycles. The van der Waals surface area contributed by atoms with E-state index in [0.717, 1.165) is 11.3 Å². The van der Waals surface area contributed by atoms with E-state index in [0.29, 0.717) is 13.1 Å². The molecular weight excluding hydrogens is 496 g/mol. The molecule has 0 aliphatic carbocycles. The van der Waals surface area contributed by atoms with Gasteiger partial charge in [-0.3, -0.25) is 19.1 Å². The fourth-order valence-corrected chi connectivity index (χ4v) is 4.48. The van der Waals surface area contributed by atoms with E-state index in [1.54, 1.807) is 0 Å². The molecule has 0 bridgehead atoms. The number of carbonyl (C=O) groups is 3. The number of nitrogens with zero attached hydrogens (tertiary/aromatic N) is 5. The maximum atomic E-state index is 13.0. The number of anilines is 1. The molecule has 3 heterocycles. The van der Waals surface area contributed by atoms with Crippen molar-refractivity contribution in [2.24, 2.45) is 15.9 Å². The molecular formula is C16H22N8O8S2. The molecule has 0 radical (unpaired) electrons. The van der Waals surface area contributed by atoms with Crippen LogP contribution >= 0.6 is 11.3 Å². The smallest absolute Gasteiger partial charge is 0.362 e. The number of nitrogen functional groups attached to an aromatic ring is 1. The van der Waals surface area contributed by atoms with Crippen LogP contribution in [0.4, 0.5) is 5.13 Å². The highest BCUT2D eigenvalue weighted by atomic mass is 32.2. The highest BCUT2D eigenvalue weighted by Gasteiger charge is 2.55. The number of aliphatic carboxylic acids is 1. The Morgan fingerprint density at radius 2 is 2.09 bits per heavy atom. The molecule has 2 aliphatic rings. The zero-order valence-electron chi connectivity index (χ0n) is 17.9. The Labute approximate surface area is 197 Å². The lowest BCUT2D eigenvalue weighted by atomic mass is 9.97. The quantitative estimate of drug-likeness (QED) is 0.0980. The normalized spacial score (nSPS) is 21.2. The summed E-state index contributed by atoms with van der Waals surface area (Å²) in [7, 11) is -4.92. The molecule has 34 heavy (non-hydrogen) atoms. The van der Waals surface area contributed by atoms with Crippen molar-refractivity contribution >= 4 is 56.2 Å². The fraction of sp³-hybridized carbons (Fsp3) is 0.500. The van der Waals surface area contributed by atoms with Crippen molar-refractivity contribution in [3.63, 3.8) is 0 Å². The lowest BCUT2D eigenvalue weighted by molar-refractivity contribution is -0.161. The summed E-state index contributed by atoms with van der Waals surface area (Å²) in [5.74, 6) is -3.37. The second-order valence-electron chi connectivity index (χ2n) is 7.73. The van der Waals surface area contributed by atoms with E-state index in [4.69, 9.17) is 16.3 Å². The Morgan fingerprint density at radius 3 is 2.59 bits per heavy atom. The third-order valence-electron chi connectivity index (χ3n) is 4.94. The Morgan fingerprint density at radius 1 is 1.41 bits per heavy atom. The number of guanidine groups is 1. The minimum atomic E-state index is -4.92. The summed E-state index contributed by atoms with van der Waals surface area (Å²) in [6, 6.07) is -2.60. The molecule has 1 aromatic rings. The zero-order valence-corrected chi connectivity index (χ0v) is 19.5. The van der Waals surface area contributed by atoms with Crippen LogP contribution in [-0.4, -0.2) is 99.0 Å². The number of carboxylic acid groups (broad SMARTS) is 1.